The maximum absolute atomic E-state index is 13.4. The van der Waals surface area contributed by atoms with Gasteiger partial charge in [0.25, 0.3) is 11.7 Å². The number of ketones is 1. The van der Waals surface area contributed by atoms with Gasteiger partial charge in [-0.05, 0) is 69.3 Å². The molecule has 0 bridgehead atoms. The first kappa shape index (κ1) is 26.1. The van der Waals surface area contributed by atoms with Crippen LogP contribution in [0, 0.1) is 0 Å². The molecule has 37 heavy (non-hydrogen) atoms. The fourth-order valence-electron chi connectivity index (χ4n) is 4.32. The van der Waals surface area contributed by atoms with E-state index in [-0.39, 0.29) is 17.4 Å². The van der Waals surface area contributed by atoms with E-state index in [1.54, 1.807) is 66.7 Å². The van der Waals surface area contributed by atoms with Crippen LogP contribution in [0.3, 0.4) is 0 Å². The second-order valence-corrected chi connectivity index (χ2v) is 9.06. The number of aliphatic hydroxyl groups is 1. The van der Waals surface area contributed by atoms with Crippen LogP contribution in [-0.2, 0) is 9.59 Å². The Morgan fingerprint density at radius 1 is 1.03 bits per heavy atom. The molecule has 1 fully saturated rings. The Bertz CT molecular complexity index is 1350. The lowest BCUT2D eigenvalue weighted by Gasteiger charge is -2.27. The van der Waals surface area contributed by atoms with Crippen molar-refractivity contribution in [1.82, 2.24) is 0 Å². The van der Waals surface area contributed by atoms with Crippen molar-refractivity contribution in [3.8, 4) is 17.2 Å². The van der Waals surface area contributed by atoms with Crippen LogP contribution < -0.4 is 19.1 Å². The van der Waals surface area contributed by atoms with Crippen LogP contribution in [-0.4, -0.2) is 36.6 Å². The Labute approximate surface area is 220 Å². The first-order valence-electron chi connectivity index (χ1n) is 11.9. The molecule has 1 unspecified atom stereocenters. The lowest BCUT2D eigenvalue weighted by atomic mass is 9.94. The van der Waals surface area contributed by atoms with Crippen LogP contribution in [0.15, 0.2) is 72.3 Å². The van der Waals surface area contributed by atoms with Crippen molar-refractivity contribution >= 4 is 34.7 Å². The first-order valence-corrected chi connectivity index (χ1v) is 12.3. The number of aliphatic hydroxyl groups excluding tert-OH is 1. The van der Waals surface area contributed by atoms with Crippen molar-refractivity contribution < 1.29 is 28.9 Å². The van der Waals surface area contributed by atoms with Gasteiger partial charge in [0.1, 0.15) is 23.0 Å². The van der Waals surface area contributed by atoms with Crippen molar-refractivity contribution in [3.63, 3.8) is 0 Å². The Hall–Kier alpha value is -3.97. The SMILES string of the molecule is CCOc1cc(/C(O)=C2\C(=O)C(=O)N(c3ccc(OC(C)C)cc3)C2c2ccccc2OC)ccc1Cl. The molecule has 192 valence electrons. The third-order valence-electron chi connectivity index (χ3n) is 5.87. The highest BCUT2D eigenvalue weighted by Gasteiger charge is 2.48. The van der Waals surface area contributed by atoms with Crippen LogP contribution >= 0.6 is 11.6 Å². The number of ether oxygens (including phenoxy) is 3. The van der Waals surface area contributed by atoms with Crippen molar-refractivity contribution in [2.24, 2.45) is 0 Å². The molecular weight excluding hydrogens is 494 g/mol. The molecule has 3 aromatic rings. The van der Waals surface area contributed by atoms with E-state index in [0.717, 1.165) is 0 Å². The number of amides is 1. The standard InChI is InChI=1S/C29H28ClNO6/c1-5-36-24-16-18(10-15-22(24)30)27(32)25-26(21-8-6-7-9-23(21)35-4)31(29(34)28(25)33)19-11-13-20(14-12-19)37-17(2)3/h6-17,26,32H,5H2,1-4H3/b27-25+. The second-order valence-electron chi connectivity index (χ2n) is 8.65. The molecule has 0 radical (unpaired) electrons. The van der Waals surface area contributed by atoms with Crippen molar-refractivity contribution in [1.29, 1.82) is 0 Å². The van der Waals surface area contributed by atoms with Crippen molar-refractivity contribution in [2.45, 2.75) is 32.9 Å². The van der Waals surface area contributed by atoms with Gasteiger partial charge in [0, 0.05) is 16.8 Å². The fourth-order valence-corrected chi connectivity index (χ4v) is 4.49. The number of benzene rings is 3. The van der Waals surface area contributed by atoms with Crippen LogP contribution in [0.1, 0.15) is 37.9 Å². The van der Waals surface area contributed by atoms with Crippen molar-refractivity contribution in [2.75, 3.05) is 18.6 Å². The highest BCUT2D eigenvalue weighted by Crippen LogP contribution is 2.45. The van der Waals surface area contributed by atoms with E-state index < -0.39 is 17.7 Å². The van der Waals surface area contributed by atoms with E-state index >= 15 is 0 Å². The van der Waals surface area contributed by atoms with E-state index in [9.17, 15) is 14.7 Å². The molecule has 0 aliphatic carbocycles. The summed E-state index contributed by atoms with van der Waals surface area (Å²) in [7, 11) is 1.51. The third-order valence-corrected chi connectivity index (χ3v) is 6.18. The number of anilines is 1. The predicted octanol–water partition coefficient (Wildman–Crippen LogP) is 6.16. The Morgan fingerprint density at radius 3 is 2.38 bits per heavy atom. The first-order chi connectivity index (χ1) is 17.8. The molecule has 0 spiro atoms. The molecule has 1 aliphatic rings. The minimum atomic E-state index is -0.945. The number of hydrogen-bond donors (Lipinski definition) is 1. The number of nitrogens with zero attached hydrogens (tertiary/aromatic N) is 1. The predicted molar refractivity (Wildman–Crippen MR) is 143 cm³/mol. The zero-order chi connectivity index (χ0) is 26.7. The summed E-state index contributed by atoms with van der Waals surface area (Å²) >= 11 is 6.22. The molecular formula is C29H28ClNO6. The minimum Gasteiger partial charge on any atom is -0.507 e. The monoisotopic (exact) mass is 521 g/mol. The second kappa shape index (κ2) is 11.0. The number of halogens is 1. The van der Waals surface area contributed by atoms with Gasteiger partial charge in [-0.2, -0.15) is 0 Å². The minimum absolute atomic E-state index is 0.0189. The topological polar surface area (TPSA) is 85.3 Å². The largest absolute Gasteiger partial charge is 0.507 e. The van der Waals surface area contributed by atoms with Crippen LogP contribution in [0.4, 0.5) is 5.69 Å². The van der Waals surface area contributed by atoms with Crippen molar-refractivity contribution in [3.05, 3.63) is 88.5 Å². The third kappa shape index (κ3) is 5.13. The number of carbonyl (C=O) groups is 2. The zero-order valence-corrected chi connectivity index (χ0v) is 21.8. The van der Waals surface area contributed by atoms with E-state index in [4.69, 9.17) is 25.8 Å². The summed E-state index contributed by atoms with van der Waals surface area (Å²) in [4.78, 5) is 28.2. The van der Waals surface area contributed by atoms with E-state index in [1.807, 2.05) is 20.8 Å². The summed E-state index contributed by atoms with van der Waals surface area (Å²) in [6.07, 6.45) is -0.0189. The summed E-state index contributed by atoms with van der Waals surface area (Å²) in [5.74, 6) is -0.464. The summed E-state index contributed by atoms with van der Waals surface area (Å²) in [5, 5.41) is 11.8. The van der Waals surface area contributed by atoms with Gasteiger partial charge in [0.05, 0.1) is 36.5 Å². The summed E-state index contributed by atoms with van der Waals surface area (Å²) in [5.41, 5.74) is 1.25. The molecule has 8 heteroatoms. The Morgan fingerprint density at radius 2 is 1.73 bits per heavy atom. The van der Waals surface area contributed by atoms with Gasteiger partial charge in [-0.3, -0.25) is 14.5 Å². The molecule has 1 saturated heterocycles. The molecule has 1 heterocycles. The highest BCUT2D eigenvalue weighted by atomic mass is 35.5. The average molecular weight is 522 g/mol. The Balaban J connectivity index is 1.91. The number of carbonyl (C=O) groups excluding carboxylic acids is 2. The quantitative estimate of drug-likeness (QED) is 0.217. The molecule has 0 aromatic heterocycles. The normalized spacial score (nSPS) is 16.8. The molecule has 1 amide bonds. The highest BCUT2D eigenvalue weighted by molar-refractivity contribution is 6.51. The molecule has 1 aliphatic heterocycles. The lowest BCUT2D eigenvalue weighted by molar-refractivity contribution is -0.132. The summed E-state index contributed by atoms with van der Waals surface area (Å²) in [6.45, 7) is 6.02. The van der Waals surface area contributed by atoms with Gasteiger partial charge in [0.2, 0.25) is 0 Å². The van der Waals surface area contributed by atoms with Crippen LogP contribution in [0.2, 0.25) is 5.02 Å². The molecule has 7 nitrogen and oxygen atoms in total. The summed E-state index contributed by atoms with van der Waals surface area (Å²) in [6, 6.07) is 17.7. The lowest BCUT2D eigenvalue weighted by Crippen LogP contribution is -2.29. The number of rotatable bonds is 8. The van der Waals surface area contributed by atoms with Crippen LogP contribution in [0.25, 0.3) is 5.76 Å². The summed E-state index contributed by atoms with van der Waals surface area (Å²) < 4.78 is 16.8. The van der Waals surface area contributed by atoms with E-state index in [2.05, 4.69) is 0 Å². The van der Waals surface area contributed by atoms with Gasteiger partial charge in [-0.15, -0.1) is 0 Å². The van der Waals surface area contributed by atoms with Gasteiger partial charge < -0.3 is 19.3 Å². The van der Waals surface area contributed by atoms with E-state index in [1.165, 1.54) is 12.0 Å². The van der Waals surface area contributed by atoms with Gasteiger partial charge >= 0.3 is 0 Å². The zero-order valence-electron chi connectivity index (χ0n) is 21.0. The molecule has 1 atom stereocenters. The van der Waals surface area contributed by atoms with Gasteiger partial charge in [-0.25, -0.2) is 0 Å². The van der Waals surface area contributed by atoms with Crippen LogP contribution in [0.5, 0.6) is 17.2 Å². The molecule has 0 saturated carbocycles. The Kier molecular flexibility index (Phi) is 7.74. The number of methoxy groups -OCH3 is 1. The van der Waals surface area contributed by atoms with E-state index in [0.29, 0.717) is 45.7 Å². The number of Topliss-reactive ketones (excluding diaryl/α,β-unsaturated/α-hetero) is 1. The molecule has 4 rings (SSSR count). The smallest absolute Gasteiger partial charge is 0.300 e. The van der Waals surface area contributed by atoms with Gasteiger partial charge in [-0.1, -0.05) is 29.8 Å². The maximum Gasteiger partial charge on any atom is 0.300 e. The van der Waals surface area contributed by atoms with Gasteiger partial charge in [0.15, 0.2) is 0 Å². The molecule has 1 N–H and O–H groups in total. The maximum atomic E-state index is 13.4. The fraction of sp³-hybridized carbons (Fsp3) is 0.241. The number of para-hydroxylation sites is 1. The number of hydrogen-bond acceptors (Lipinski definition) is 6. The molecule has 3 aromatic carbocycles. The average Bonchev–Trinajstić information content (AvgIpc) is 3.15.